The van der Waals surface area contributed by atoms with Crippen LogP contribution < -0.4 is 5.73 Å². The van der Waals surface area contributed by atoms with Gasteiger partial charge in [-0.1, -0.05) is 0 Å². The van der Waals surface area contributed by atoms with Gasteiger partial charge in [-0.2, -0.15) is 0 Å². The molecule has 0 aliphatic carbocycles. The zero-order chi connectivity index (χ0) is 15.7. The average Bonchev–Trinajstić information content (AvgIpc) is 2.33. The molecule has 0 radical (unpaired) electrons. The lowest BCUT2D eigenvalue weighted by Gasteiger charge is -2.47. The van der Waals surface area contributed by atoms with Gasteiger partial charge in [0.15, 0.2) is 0 Å². The maximum Gasteiger partial charge on any atom is 0.141 e. The lowest BCUT2D eigenvalue weighted by Crippen LogP contribution is -2.57. The summed E-state index contributed by atoms with van der Waals surface area (Å²) in [6.07, 6.45) is 2.01. The van der Waals surface area contributed by atoms with E-state index in [0.29, 0.717) is 0 Å². The van der Waals surface area contributed by atoms with Crippen molar-refractivity contribution in [1.82, 2.24) is 9.88 Å². The van der Waals surface area contributed by atoms with Crippen LogP contribution >= 0.6 is 0 Å². The third kappa shape index (κ3) is 4.73. The van der Waals surface area contributed by atoms with Crippen molar-refractivity contribution < 1.29 is 9.13 Å². The highest BCUT2D eigenvalue weighted by atomic mass is 19.1. The summed E-state index contributed by atoms with van der Waals surface area (Å²) in [4.78, 5) is 6.44. The summed E-state index contributed by atoms with van der Waals surface area (Å²) in [6, 6.07) is 2.90. The van der Waals surface area contributed by atoms with E-state index in [2.05, 4.69) is 37.6 Å². The van der Waals surface area contributed by atoms with Crippen LogP contribution in [0.2, 0.25) is 0 Å². The number of nitrogens with two attached hydrogens (primary N) is 1. The number of ether oxygens (including phenoxy) is 1. The summed E-state index contributed by atoms with van der Waals surface area (Å²) in [5, 5.41) is 0. The number of aromatic nitrogens is 1. The van der Waals surface area contributed by atoms with Crippen molar-refractivity contribution in [3.8, 4) is 0 Å². The van der Waals surface area contributed by atoms with Gasteiger partial charge in [0.25, 0.3) is 0 Å². The monoisotopic (exact) mass is 295 g/mol. The third-order valence-electron chi connectivity index (χ3n) is 3.65. The van der Waals surface area contributed by atoms with Crippen LogP contribution in [0.4, 0.5) is 4.39 Å². The molecule has 1 aliphatic rings. The van der Waals surface area contributed by atoms with Gasteiger partial charge in [-0.3, -0.25) is 9.88 Å². The summed E-state index contributed by atoms with van der Waals surface area (Å²) >= 11 is 0. The highest BCUT2D eigenvalue weighted by molar-refractivity contribution is 5.09. The number of halogens is 1. The van der Waals surface area contributed by atoms with Crippen LogP contribution in [0.15, 0.2) is 18.3 Å². The van der Waals surface area contributed by atoms with Gasteiger partial charge in [-0.25, -0.2) is 4.39 Å². The lowest BCUT2D eigenvalue weighted by atomic mass is 9.98. The van der Waals surface area contributed by atoms with E-state index in [1.54, 1.807) is 6.07 Å². The minimum atomic E-state index is -0.331. The molecular weight excluding hydrogens is 269 g/mol. The molecule has 21 heavy (non-hydrogen) atoms. The molecule has 2 N–H and O–H groups in total. The van der Waals surface area contributed by atoms with Crippen molar-refractivity contribution >= 4 is 0 Å². The minimum Gasteiger partial charge on any atom is -0.367 e. The molecule has 0 aromatic carbocycles. The first-order chi connectivity index (χ1) is 9.67. The first kappa shape index (κ1) is 16.3. The Labute approximate surface area is 126 Å². The lowest BCUT2D eigenvalue weighted by molar-refractivity contribution is -0.180. The number of hydrogen-bond donors (Lipinski definition) is 1. The van der Waals surface area contributed by atoms with Crippen LogP contribution in [0.25, 0.3) is 0 Å². The summed E-state index contributed by atoms with van der Waals surface area (Å²) in [5.41, 5.74) is 6.59. The fraction of sp³-hybridized carbons (Fsp3) is 0.688. The van der Waals surface area contributed by atoms with Gasteiger partial charge in [0.05, 0.1) is 23.1 Å². The molecule has 0 saturated carbocycles. The highest BCUT2D eigenvalue weighted by Gasteiger charge is 2.37. The van der Waals surface area contributed by atoms with E-state index in [9.17, 15) is 4.39 Å². The molecule has 118 valence electrons. The Kier molecular flexibility index (Phi) is 4.66. The van der Waals surface area contributed by atoms with E-state index in [-0.39, 0.29) is 23.1 Å². The number of rotatable bonds is 4. The van der Waals surface area contributed by atoms with E-state index in [1.807, 2.05) is 0 Å². The molecule has 1 aromatic heterocycles. The van der Waals surface area contributed by atoms with Gasteiger partial charge < -0.3 is 10.5 Å². The average molecular weight is 295 g/mol. The molecule has 1 aromatic rings. The van der Waals surface area contributed by atoms with Crippen LogP contribution in [0.5, 0.6) is 0 Å². The Bertz CT molecular complexity index is 457. The van der Waals surface area contributed by atoms with Gasteiger partial charge in [0.2, 0.25) is 0 Å². The second kappa shape index (κ2) is 5.99. The maximum atomic E-state index is 12.9. The number of nitrogens with zero attached hydrogens (tertiary/aromatic N) is 2. The first-order valence-corrected chi connectivity index (χ1v) is 7.46. The van der Waals surface area contributed by atoms with Crippen LogP contribution in [0, 0.1) is 5.82 Å². The van der Waals surface area contributed by atoms with Gasteiger partial charge in [0.1, 0.15) is 5.82 Å². The number of pyridine rings is 1. The highest BCUT2D eigenvalue weighted by Crippen LogP contribution is 2.28. The topological polar surface area (TPSA) is 51.4 Å². The standard InChI is InChI=1S/C16H26FN3O/c1-15(2)10-20(11-16(3,4)21-15)8-7-13(18)14-6-5-12(17)9-19-14/h5-6,9,13H,7-8,10-11,18H2,1-4H3. The van der Waals surface area contributed by atoms with Crippen LogP contribution in [-0.4, -0.2) is 40.7 Å². The summed E-state index contributed by atoms with van der Waals surface area (Å²) < 4.78 is 18.9. The predicted octanol–water partition coefficient (Wildman–Crippen LogP) is 2.50. The van der Waals surface area contributed by atoms with E-state index < -0.39 is 0 Å². The Morgan fingerprint density at radius 2 is 1.90 bits per heavy atom. The molecule has 0 bridgehead atoms. The van der Waals surface area contributed by atoms with Crippen molar-refractivity contribution in [3.63, 3.8) is 0 Å². The van der Waals surface area contributed by atoms with Crippen LogP contribution in [0.1, 0.15) is 45.9 Å². The van der Waals surface area contributed by atoms with E-state index in [1.165, 1.54) is 12.3 Å². The van der Waals surface area contributed by atoms with Gasteiger partial charge in [-0.15, -0.1) is 0 Å². The molecule has 4 nitrogen and oxygen atoms in total. The fourth-order valence-corrected chi connectivity index (χ4v) is 3.18. The molecule has 0 spiro atoms. The van der Waals surface area contributed by atoms with Crippen molar-refractivity contribution in [1.29, 1.82) is 0 Å². The first-order valence-electron chi connectivity index (χ1n) is 7.46. The van der Waals surface area contributed by atoms with Gasteiger partial charge >= 0.3 is 0 Å². The second-order valence-electron chi connectivity index (χ2n) is 7.13. The van der Waals surface area contributed by atoms with E-state index >= 15 is 0 Å². The fourth-order valence-electron chi connectivity index (χ4n) is 3.18. The largest absolute Gasteiger partial charge is 0.367 e. The molecule has 2 heterocycles. The summed E-state index contributed by atoms with van der Waals surface area (Å²) in [7, 11) is 0. The molecule has 0 amide bonds. The molecule has 1 unspecified atom stereocenters. The zero-order valence-corrected chi connectivity index (χ0v) is 13.4. The van der Waals surface area contributed by atoms with E-state index in [0.717, 1.165) is 31.7 Å². The Morgan fingerprint density at radius 3 is 2.43 bits per heavy atom. The predicted molar refractivity (Wildman–Crippen MR) is 81.4 cm³/mol. The summed E-state index contributed by atoms with van der Waals surface area (Å²) in [5.74, 6) is -0.331. The van der Waals surface area contributed by atoms with Gasteiger partial charge in [0, 0.05) is 25.7 Å². The van der Waals surface area contributed by atoms with Crippen LogP contribution in [0.3, 0.4) is 0 Å². The van der Waals surface area contributed by atoms with Gasteiger partial charge in [-0.05, 0) is 46.2 Å². The van der Waals surface area contributed by atoms with Crippen molar-refractivity contribution in [3.05, 3.63) is 29.8 Å². The Morgan fingerprint density at radius 1 is 1.29 bits per heavy atom. The smallest absolute Gasteiger partial charge is 0.141 e. The summed E-state index contributed by atoms with van der Waals surface area (Å²) in [6.45, 7) is 11.1. The molecule has 2 rings (SSSR count). The van der Waals surface area contributed by atoms with Crippen molar-refractivity contribution in [2.24, 2.45) is 5.73 Å². The molecule has 1 atom stereocenters. The number of morpholine rings is 1. The molecule has 1 fully saturated rings. The number of hydrogen-bond acceptors (Lipinski definition) is 4. The Balaban J connectivity index is 1.91. The molecule has 1 saturated heterocycles. The SMILES string of the molecule is CC1(C)CN(CCC(N)c2ccc(F)cn2)CC(C)(C)O1. The van der Waals surface area contributed by atoms with E-state index in [4.69, 9.17) is 10.5 Å². The third-order valence-corrected chi connectivity index (χ3v) is 3.65. The quantitative estimate of drug-likeness (QED) is 0.927. The molecular formula is C16H26FN3O. The normalized spacial score (nSPS) is 23.0. The van der Waals surface area contributed by atoms with Crippen molar-refractivity contribution in [2.75, 3.05) is 19.6 Å². The zero-order valence-electron chi connectivity index (χ0n) is 13.4. The van der Waals surface area contributed by atoms with Crippen molar-refractivity contribution in [2.45, 2.75) is 51.4 Å². The maximum absolute atomic E-state index is 12.9. The Hall–Kier alpha value is -1.04. The second-order valence-corrected chi connectivity index (χ2v) is 7.13. The molecule has 5 heteroatoms. The minimum absolute atomic E-state index is 0.153. The molecule has 1 aliphatic heterocycles. The van der Waals surface area contributed by atoms with Crippen LogP contribution in [-0.2, 0) is 4.74 Å².